The summed E-state index contributed by atoms with van der Waals surface area (Å²) in [5.74, 6) is 2.93. The van der Waals surface area contributed by atoms with Gasteiger partial charge < -0.3 is 5.32 Å². The molecule has 2 nitrogen and oxygen atoms in total. The van der Waals surface area contributed by atoms with Crippen LogP contribution in [0.15, 0.2) is 90.0 Å². The second-order valence-electron chi connectivity index (χ2n) is 15.4. The van der Waals surface area contributed by atoms with Gasteiger partial charge in [-0.3, -0.25) is 4.79 Å². The molecule has 0 radical (unpaired) electrons. The first kappa shape index (κ1) is 46.6. The minimum absolute atomic E-state index is 0.0216. The minimum Gasteiger partial charge on any atom is -0.326 e. The average Bonchev–Trinajstić information content (AvgIpc) is 3.01. The van der Waals surface area contributed by atoms with Crippen molar-refractivity contribution in [2.75, 3.05) is 5.32 Å². The number of carbonyl (C=O) groups excluding carboxylic acids is 1. The van der Waals surface area contributed by atoms with Crippen LogP contribution in [0.2, 0.25) is 0 Å². The van der Waals surface area contributed by atoms with E-state index in [0.29, 0.717) is 5.92 Å². The highest BCUT2D eigenvalue weighted by molar-refractivity contribution is 5.88. The topological polar surface area (TPSA) is 29.1 Å². The normalized spacial score (nSPS) is 11.9. The summed E-state index contributed by atoms with van der Waals surface area (Å²) >= 11 is 0. The van der Waals surface area contributed by atoms with Gasteiger partial charge in [-0.2, -0.15) is 0 Å². The summed E-state index contributed by atoms with van der Waals surface area (Å²) in [5.41, 5.74) is 12.4. The van der Waals surface area contributed by atoms with Crippen molar-refractivity contribution in [3.63, 3.8) is 0 Å². The number of hydrogen-bond acceptors (Lipinski definition) is 1. The quantitative estimate of drug-likeness (QED) is 0.239. The maximum absolute atomic E-state index is 10.8. The van der Waals surface area contributed by atoms with Crippen molar-refractivity contribution in [2.45, 2.75) is 142 Å². The first-order valence-electron chi connectivity index (χ1n) is 19.4. The smallest absolute Gasteiger partial charge is 0.221 e. The molecule has 0 atom stereocenters. The Morgan fingerprint density at radius 3 is 1.70 bits per heavy atom. The van der Waals surface area contributed by atoms with E-state index < -0.39 is 0 Å². The number of amides is 1. The van der Waals surface area contributed by atoms with Gasteiger partial charge in [0.1, 0.15) is 0 Å². The molecule has 0 unspecified atom stereocenters. The molecule has 0 aromatic heterocycles. The molecule has 0 fully saturated rings. The van der Waals surface area contributed by atoms with Gasteiger partial charge in [-0.15, -0.1) is 0 Å². The Hall–Kier alpha value is -3.39. The first-order valence-corrected chi connectivity index (χ1v) is 19.4. The number of hydrogen-bond donors (Lipinski definition) is 1. The van der Waals surface area contributed by atoms with Crippen LogP contribution in [0.1, 0.15) is 136 Å². The highest BCUT2D eigenvalue weighted by atomic mass is 16.1. The van der Waals surface area contributed by atoms with Crippen molar-refractivity contribution in [1.82, 2.24) is 0 Å². The number of rotatable bonds is 9. The van der Waals surface area contributed by atoms with Crippen LogP contribution in [0.5, 0.6) is 0 Å². The van der Waals surface area contributed by atoms with E-state index in [4.69, 9.17) is 0 Å². The highest BCUT2D eigenvalue weighted by Crippen LogP contribution is 2.22. The van der Waals surface area contributed by atoms with Gasteiger partial charge in [-0.05, 0) is 130 Å². The molecule has 3 aromatic rings. The molecule has 0 bridgehead atoms. The highest BCUT2D eigenvalue weighted by Gasteiger charge is 2.04. The van der Waals surface area contributed by atoms with Gasteiger partial charge in [0.05, 0.1) is 0 Å². The van der Waals surface area contributed by atoms with E-state index in [2.05, 4.69) is 149 Å². The van der Waals surface area contributed by atoms with Crippen molar-refractivity contribution in [3.05, 3.63) is 123 Å². The van der Waals surface area contributed by atoms with E-state index in [1.54, 1.807) is 11.1 Å². The molecule has 278 valence electrons. The fourth-order valence-electron chi connectivity index (χ4n) is 5.79. The number of allylic oxidation sites excluding steroid dienone is 4. The Bertz CT molecular complexity index is 1420. The van der Waals surface area contributed by atoms with Crippen LogP contribution in [-0.2, 0) is 24.1 Å². The lowest BCUT2D eigenvalue weighted by molar-refractivity contribution is -0.114. The summed E-state index contributed by atoms with van der Waals surface area (Å²) in [7, 11) is 0. The maximum atomic E-state index is 10.8. The largest absolute Gasteiger partial charge is 0.326 e. The van der Waals surface area contributed by atoms with Gasteiger partial charge in [0.25, 0.3) is 0 Å². The van der Waals surface area contributed by atoms with Gasteiger partial charge >= 0.3 is 0 Å². The number of aryl methyl sites for hydroxylation is 3. The molecule has 1 amide bonds. The predicted octanol–water partition coefficient (Wildman–Crippen LogP) is 14.3. The van der Waals surface area contributed by atoms with E-state index >= 15 is 0 Å². The monoisotopic (exact) mass is 682 g/mol. The molecule has 2 heteroatoms. The molecule has 0 aliphatic heterocycles. The first-order chi connectivity index (χ1) is 23.5. The molecule has 1 aliphatic rings. The van der Waals surface area contributed by atoms with Gasteiger partial charge in [-0.1, -0.05) is 153 Å². The van der Waals surface area contributed by atoms with E-state index in [1.807, 2.05) is 32.0 Å². The lowest BCUT2D eigenvalue weighted by atomic mass is 9.94. The minimum atomic E-state index is -0.0216. The van der Waals surface area contributed by atoms with Gasteiger partial charge in [0, 0.05) is 12.6 Å². The standard InChI is InChI=1S/C12H17NO.C12H18.C11H18.C11H16.C2H6/c1-9(2)7-11-5-4-6-12(8-11)13-10(3)14;1-9(2)7-12-6-5-10(3)8-11(12)4;1-9(2)7-11-6-4-5-10(3)8-11;1-9(2)8-11-7-5-4-6-10(11)3;1-2/h4-6,8-9H,7H2,1-3H3,(H,13,14);5-6,8-9H,7H2,1-4H3;6,8-9H,4-5,7H2,1-3H3;4-7,9H,8H2,1-3H3;1-2H3. The van der Waals surface area contributed by atoms with Gasteiger partial charge in [-0.25, -0.2) is 0 Å². The fourth-order valence-corrected chi connectivity index (χ4v) is 5.79. The third kappa shape index (κ3) is 23.1. The van der Waals surface area contributed by atoms with Crippen molar-refractivity contribution < 1.29 is 4.79 Å². The molecule has 50 heavy (non-hydrogen) atoms. The number of nitrogens with one attached hydrogen (secondary N) is 1. The predicted molar refractivity (Wildman–Crippen MR) is 225 cm³/mol. The van der Waals surface area contributed by atoms with E-state index in [1.165, 1.54) is 72.4 Å². The zero-order valence-electron chi connectivity index (χ0n) is 35.0. The molecular weight excluding hydrogens is 607 g/mol. The maximum Gasteiger partial charge on any atom is 0.221 e. The van der Waals surface area contributed by atoms with E-state index in [0.717, 1.165) is 29.9 Å². The summed E-state index contributed by atoms with van der Waals surface area (Å²) in [6, 6.07) is 23.3. The Morgan fingerprint density at radius 1 is 0.640 bits per heavy atom. The second-order valence-corrected chi connectivity index (χ2v) is 15.4. The molecular formula is C48H75NO. The third-order valence-corrected chi connectivity index (χ3v) is 7.93. The zero-order chi connectivity index (χ0) is 38.2. The van der Waals surface area contributed by atoms with Crippen molar-refractivity contribution in [3.8, 4) is 0 Å². The van der Waals surface area contributed by atoms with Crippen LogP contribution < -0.4 is 5.32 Å². The van der Waals surface area contributed by atoms with E-state index in [9.17, 15) is 4.79 Å². The lowest BCUT2D eigenvalue weighted by Crippen LogP contribution is -2.06. The molecule has 1 aliphatic carbocycles. The molecule has 0 saturated carbocycles. The summed E-state index contributed by atoms with van der Waals surface area (Å²) in [6.07, 6.45) is 12.0. The molecule has 0 saturated heterocycles. The van der Waals surface area contributed by atoms with E-state index in [-0.39, 0.29) is 5.91 Å². The molecule has 0 spiro atoms. The van der Waals surface area contributed by atoms with Crippen LogP contribution in [0.3, 0.4) is 0 Å². The number of benzene rings is 3. The summed E-state index contributed by atoms with van der Waals surface area (Å²) in [6.45, 7) is 32.2. The Balaban J connectivity index is 0.000000632. The van der Waals surface area contributed by atoms with Crippen molar-refractivity contribution in [2.24, 2.45) is 23.7 Å². The van der Waals surface area contributed by atoms with Gasteiger partial charge in [0.2, 0.25) is 5.91 Å². The lowest BCUT2D eigenvalue weighted by Gasteiger charge is -2.12. The van der Waals surface area contributed by atoms with Crippen LogP contribution >= 0.6 is 0 Å². The Kier molecular flexibility index (Phi) is 24.6. The Morgan fingerprint density at radius 2 is 1.20 bits per heavy atom. The SMILES string of the molecule is CC.CC(=O)Nc1cccc(CC(C)C)c1.CC1=CC(CC(C)C)=CCC1.Cc1ccc(CC(C)C)c(C)c1.Cc1ccccc1CC(C)C. The summed E-state index contributed by atoms with van der Waals surface area (Å²) in [4.78, 5) is 10.8. The third-order valence-electron chi connectivity index (χ3n) is 7.93. The van der Waals surface area contributed by atoms with Crippen LogP contribution in [0.4, 0.5) is 5.69 Å². The van der Waals surface area contributed by atoms with Crippen molar-refractivity contribution in [1.29, 1.82) is 0 Å². The number of carbonyl (C=O) groups is 1. The van der Waals surface area contributed by atoms with Gasteiger partial charge in [0.15, 0.2) is 0 Å². The van der Waals surface area contributed by atoms with Crippen LogP contribution in [0.25, 0.3) is 0 Å². The molecule has 3 aromatic carbocycles. The molecule has 1 N–H and O–H groups in total. The average molecular weight is 682 g/mol. The Labute approximate surface area is 310 Å². The van der Waals surface area contributed by atoms with Crippen molar-refractivity contribution >= 4 is 11.6 Å². The zero-order valence-corrected chi connectivity index (χ0v) is 35.0. The number of anilines is 1. The summed E-state index contributed by atoms with van der Waals surface area (Å²) in [5, 5.41) is 2.78. The molecule has 4 rings (SSSR count). The molecule has 0 heterocycles. The van der Waals surface area contributed by atoms with Crippen LogP contribution in [0, 0.1) is 44.4 Å². The van der Waals surface area contributed by atoms with Crippen LogP contribution in [-0.4, -0.2) is 5.91 Å². The second kappa shape index (κ2) is 26.4. The fraction of sp³-hybridized carbons (Fsp3) is 0.521. The summed E-state index contributed by atoms with van der Waals surface area (Å²) < 4.78 is 0.